The molecule has 0 aliphatic rings. The minimum atomic E-state index is -0.624. The van der Waals surface area contributed by atoms with Crippen molar-refractivity contribution in [3.8, 4) is 0 Å². The Morgan fingerprint density at radius 1 is 1.08 bits per heavy atom. The minimum absolute atomic E-state index is 0.194. The lowest BCUT2D eigenvalue weighted by atomic mass is 10.2. The van der Waals surface area contributed by atoms with E-state index >= 15 is 0 Å². The average molecular weight is 343 g/mol. The van der Waals surface area contributed by atoms with Gasteiger partial charge < -0.3 is 9.47 Å². The minimum Gasteiger partial charge on any atom is -0.457 e. The Morgan fingerprint density at radius 3 is 2.40 bits per heavy atom. The van der Waals surface area contributed by atoms with Gasteiger partial charge in [-0.05, 0) is 38.5 Å². The summed E-state index contributed by atoms with van der Waals surface area (Å²) in [5, 5.41) is 0. The lowest BCUT2D eigenvalue weighted by Gasteiger charge is -2.19. The molecule has 0 fully saturated rings. The van der Waals surface area contributed by atoms with E-state index in [1.807, 2.05) is 30.3 Å². The summed E-state index contributed by atoms with van der Waals surface area (Å²) in [6.45, 7) is 5.49. The number of hydrogen-bond acceptors (Lipinski definition) is 6. The molecular weight excluding hydrogens is 322 g/mol. The molecule has 0 spiro atoms. The van der Waals surface area contributed by atoms with Crippen LogP contribution in [0.25, 0.3) is 0 Å². The first-order valence-electron chi connectivity index (χ1n) is 7.75. The van der Waals surface area contributed by atoms with E-state index in [-0.39, 0.29) is 6.61 Å². The van der Waals surface area contributed by atoms with Crippen molar-refractivity contribution < 1.29 is 19.1 Å². The second-order valence-electron chi connectivity index (χ2n) is 6.25. The Kier molecular flexibility index (Phi) is 5.94. The van der Waals surface area contributed by atoms with Gasteiger partial charge in [-0.1, -0.05) is 30.3 Å². The number of nitrogens with one attached hydrogen (secondary N) is 2. The zero-order valence-corrected chi connectivity index (χ0v) is 14.4. The Bertz CT molecular complexity index is 709. The van der Waals surface area contributed by atoms with Crippen LogP contribution in [0.15, 0.2) is 48.7 Å². The summed E-state index contributed by atoms with van der Waals surface area (Å²) in [4.78, 5) is 27.6. The molecule has 7 heteroatoms. The molecule has 1 aromatic carbocycles. The van der Waals surface area contributed by atoms with Gasteiger partial charge >= 0.3 is 12.1 Å². The quantitative estimate of drug-likeness (QED) is 0.640. The molecular formula is C18H21N3O4. The second kappa shape index (κ2) is 8.14. The van der Waals surface area contributed by atoms with Gasteiger partial charge in [0.2, 0.25) is 0 Å². The van der Waals surface area contributed by atoms with Gasteiger partial charge in [0.1, 0.15) is 18.0 Å². The molecule has 0 saturated carbocycles. The number of carbonyl (C=O) groups is 2. The third-order valence-corrected chi connectivity index (χ3v) is 2.90. The standard InChI is InChI=1S/C18H21N3O4/c1-18(2,3)25-17(23)21-20-15-10-9-14(11-19-15)16(22)24-12-13-7-5-4-6-8-13/h4-11H,12H2,1-3H3,(H,19,20)(H,21,23). The van der Waals surface area contributed by atoms with Crippen LogP contribution in [0.5, 0.6) is 0 Å². The monoisotopic (exact) mass is 343 g/mol. The molecule has 2 rings (SSSR count). The van der Waals surface area contributed by atoms with Crippen LogP contribution in [-0.2, 0) is 16.1 Å². The number of nitrogens with zero attached hydrogens (tertiary/aromatic N) is 1. The van der Waals surface area contributed by atoms with Crippen LogP contribution in [0.2, 0.25) is 0 Å². The summed E-state index contributed by atoms with van der Waals surface area (Å²) in [6.07, 6.45) is 0.743. The van der Waals surface area contributed by atoms with E-state index in [1.165, 1.54) is 6.20 Å². The molecule has 0 aliphatic heterocycles. The summed E-state index contributed by atoms with van der Waals surface area (Å²) in [7, 11) is 0. The van der Waals surface area contributed by atoms with Gasteiger partial charge in [0, 0.05) is 6.20 Å². The van der Waals surface area contributed by atoms with Crippen LogP contribution in [0.4, 0.5) is 10.6 Å². The van der Waals surface area contributed by atoms with Crippen molar-refractivity contribution in [2.75, 3.05) is 5.43 Å². The number of benzene rings is 1. The summed E-state index contributed by atoms with van der Waals surface area (Å²) < 4.78 is 10.3. The molecule has 2 aromatic rings. The van der Waals surface area contributed by atoms with Crippen LogP contribution in [0, 0.1) is 0 Å². The number of amides is 1. The normalized spacial score (nSPS) is 10.7. The number of pyridine rings is 1. The van der Waals surface area contributed by atoms with Gasteiger partial charge in [0.15, 0.2) is 0 Å². The Labute approximate surface area is 146 Å². The first-order chi connectivity index (χ1) is 11.8. The Hall–Kier alpha value is -3.09. The van der Waals surface area contributed by atoms with Crippen molar-refractivity contribution in [1.82, 2.24) is 10.4 Å². The van der Waals surface area contributed by atoms with E-state index < -0.39 is 17.7 Å². The fourth-order valence-electron chi connectivity index (χ4n) is 1.81. The maximum Gasteiger partial charge on any atom is 0.426 e. The van der Waals surface area contributed by atoms with Gasteiger partial charge in [0.25, 0.3) is 0 Å². The Balaban J connectivity index is 1.82. The topological polar surface area (TPSA) is 89.6 Å². The van der Waals surface area contributed by atoms with Crippen molar-refractivity contribution in [2.45, 2.75) is 33.0 Å². The maximum absolute atomic E-state index is 12.0. The second-order valence-corrected chi connectivity index (χ2v) is 6.25. The smallest absolute Gasteiger partial charge is 0.426 e. The number of ether oxygens (including phenoxy) is 2. The first kappa shape index (κ1) is 18.3. The number of hydrogen-bond donors (Lipinski definition) is 2. The van der Waals surface area contributed by atoms with E-state index in [0.717, 1.165) is 5.56 Å². The maximum atomic E-state index is 12.0. The summed E-state index contributed by atoms with van der Waals surface area (Å²) >= 11 is 0. The van der Waals surface area contributed by atoms with Crippen LogP contribution >= 0.6 is 0 Å². The number of aromatic nitrogens is 1. The van der Waals surface area contributed by atoms with Crippen LogP contribution in [-0.4, -0.2) is 22.6 Å². The van der Waals surface area contributed by atoms with Crippen molar-refractivity contribution in [1.29, 1.82) is 0 Å². The molecule has 7 nitrogen and oxygen atoms in total. The van der Waals surface area contributed by atoms with E-state index in [0.29, 0.717) is 11.4 Å². The van der Waals surface area contributed by atoms with Crippen molar-refractivity contribution in [3.63, 3.8) is 0 Å². The van der Waals surface area contributed by atoms with Crippen LogP contribution < -0.4 is 10.9 Å². The highest BCUT2D eigenvalue weighted by molar-refractivity contribution is 5.89. The van der Waals surface area contributed by atoms with Crippen LogP contribution in [0.1, 0.15) is 36.7 Å². The third kappa shape index (κ3) is 6.50. The Morgan fingerprint density at radius 2 is 1.80 bits per heavy atom. The van der Waals surface area contributed by atoms with E-state index in [1.54, 1.807) is 32.9 Å². The lowest BCUT2D eigenvalue weighted by molar-refractivity contribution is 0.0470. The summed E-state index contributed by atoms with van der Waals surface area (Å²) in [6, 6.07) is 12.5. The highest BCUT2D eigenvalue weighted by atomic mass is 16.6. The number of hydrazine groups is 1. The van der Waals surface area contributed by atoms with Gasteiger partial charge in [-0.15, -0.1) is 0 Å². The molecule has 0 atom stereocenters. The molecule has 2 N–H and O–H groups in total. The zero-order chi connectivity index (χ0) is 18.3. The number of carbonyl (C=O) groups excluding carboxylic acids is 2. The molecule has 0 radical (unpaired) electrons. The molecule has 25 heavy (non-hydrogen) atoms. The van der Waals surface area contributed by atoms with Gasteiger partial charge in [0.05, 0.1) is 5.56 Å². The molecule has 1 heterocycles. The molecule has 0 aliphatic carbocycles. The molecule has 0 saturated heterocycles. The van der Waals surface area contributed by atoms with Gasteiger partial charge in [-0.25, -0.2) is 20.0 Å². The first-order valence-corrected chi connectivity index (χ1v) is 7.75. The molecule has 132 valence electrons. The largest absolute Gasteiger partial charge is 0.457 e. The van der Waals surface area contributed by atoms with E-state index in [2.05, 4.69) is 15.8 Å². The predicted molar refractivity (Wildman–Crippen MR) is 92.8 cm³/mol. The highest BCUT2D eigenvalue weighted by Crippen LogP contribution is 2.09. The molecule has 1 aromatic heterocycles. The lowest BCUT2D eigenvalue weighted by Crippen LogP contribution is -2.36. The summed E-state index contributed by atoms with van der Waals surface area (Å²) in [5.74, 6) is -0.103. The fourth-order valence-corrected chi connectivity index (χ4v) is 1.81. The number of anilines is 1. The number of rotatable bonds is 5. The molecule has 0 bridgehead atoms. The molecule has 1 amide bonds. The van der Waals surface area contributed by atoms with Crippen molar-refractivity contribution >= 4 is 17.9 Å². The highest BCUT2D eigenvalue weighted by Gasteiger charge is 2.16. The van der Waals surface area contributed by atoms with Crippen molar-refractivity contribution in [2.24, 2.45) is 0 Å². The number of esters is 1. The van der Waals surface area contributed by atoms with Gasteiger partial charge in [-0.3, -0.25) is 5.43 Å². The van der Waals surface area contributed by atoms with E-state index in [4.69, 9.17) is 9.47 Å². The predicted octanol–water partition coefficient (Wildman–Crippen LogP) is 3.29. The zero-order valence-electron chi connectivity index (χ0n) is 14.4. The van der Waals surface area contributed by atoms with E-state index in [9.17, 15) is 9.59 Å². The SMILES string of the molecule is CC(C)(C)OC(=O)NNc1ccc(C(=O)OCc2ccccc2)cn1. The van der Waals surface area contributed by atoms with Gasteiger partial charge in [-0.2, -0.15) is 0 Å². The third-order valence-electron chi connectivity index (χ3n) is 2.90. The molecule has 0 unspecified atom stereocenters. The van der Waals surface area contributed by atoms with Crippen molar-refractivity contribution in [3.05, 3.63) is 59.8 Å². The summed E-state index contributed by atoms with van der Waals surface area (Å²) in [5.41, 5.74) is 5.60. The van der Waals surface area contributed by atoms with Crippen LogP contribution in [0.3, 0.4) is 0 Å². The average Bonchev–Trinajstić information content (AvgIpc) is 2.58. The fraction of sp³-hybridized carbons (Fsp3) is 0.278.